The van der Waals surface area contributed by atoms with Crippen LogP contribution in [0.2, 0.25) is 10.0 Å². The minimum atomic E-state index is 0.627. The molecule has 0 unspecified atom stereocenters. The average Bonchev–Trinajstić information content (AvgIpc) is 3.31. The van der Waals surface area contributed by atoms with Gasteiger partial charge in [0, 0.05) is 49.0 Å². The predicted molar refractivity (Wildman–Crippen MR) is 149 cm³/mol. The molecule has 0 saturated carbocycles. The van der Waals surface area contributed by atoms with Gasteiger partial charge in [-0.15, -0.1) is 0 Å². The zero-order valence-electron chi connectivity index (χ0n) is 20.4. The Morgan fingerprint density at radius 2 is 1.57 bits per heavy atom. The molecule has 0 spiro atoms. The van der Waals surface area contributed by atoms with Gasteiger partial charge >= 0.3 is 0 Å². The highest BCUT2D eigenvalue weighted by atomic mass is 35.5. The molecular weight excluding hydrogens is 505 g/mol. The number of aryl methyl sites for hydroxylation is 1. The Kier molecular flexibility index (Phi) is 6.50. The first-order chi connectivity index (χ1) is 18.1. The Balaban J connectivity index is 1.37. The lowest BCUT2D eigenvalue weighted by atomic mass is 10.2. The first-order valence-corrected chi connectivity index (χ1v) is 13.0. The van der Waals surface area contributed by atoms with Crippen LogP contribution in [0.25, 0.3) is 28.2 Å². The summed E-state index contributed by atoms with van der Waals surface area (Å²) in [6.45, 7) is 6.26. The van der Waals surface area contributed by atoms with E-state index in [-0.39, 0.29) is 0 Å². The van der Waals surface area contributed by atoms with Crippen LogP contribution in [-0.4, -0.2) is 55.6 Å². The van der Waals surface area contributed by atoms with Crippen molar-refractivity contribution in [3.63, 3.8) is 0 Å². The van der Waals surface area contributed by atoms with E-state index in [0.717, 1.165) is 77.2 Å². The minimum absolute atomic E-state index is 0.627. The zero-order valence-corrected chi connectivity index (χ0v) is 21.9. The van der Waals surface area contributed by atoms with Crippen molar-refractivity contribution in [3.8, 4) is 17.1 Å². The first-order valence-electron chi connectivity index (χ1n) is 12.2. The number of nitrogens with zero attached hydrogens (tertiary/aromatic N) is 7. The molecule has 0 amide bonds. The van der Waals surface area contributed by atoms with Gasteiger partial charge in [-0.3, -0.25) is 14.5 Å². The number of anilines is 1. The highest BCUT2D eigenvalue weighted by Gasteiger charge is 2.25. The molecule has 1 aliphatic heterocycles. The second kappa shape index (κ2) is 10.1. The summed E-state index contributed by atoms with van der Waals surface area (Å²) in [6, 6.07) is 19.8. The normalized spacial score (nSPS) is 14.4. The SMILES string of the molecule is Cc1ccc(-n2c(-c3ccccc3Cl)nc3c(N4CCN(Cc5ccccc5Cl)CC4)ncnc32)cn1. The van der Waals surface area contributed by atoms with Crippen LogP contribution in [0.4, 0.5) is 5.82 Å². The maximum atomic E-state index is 6.62. The van der Waals surface area contributed by atoms with Gasteiger partial charge in [0.25, 0.3) is 0 Å². The number of piperazine rings is 1. The standard InChI is InChI=1S/C28H25Cl2N7/c1-19-10-11-21(16-31-19)37-26(22-7-3-5-9-24(22)30)34-25-27(32-18-33-28(25)37)36-14-12-35(13-15-36)17-20-6-2-4-8-23(20)29/h2-11,16,18H,12-15,17H2,1H3. The summed E-state index contributed by atoms with van der Waals surface area (Å²) in [6.07, 6.45) is 3.45. The van der Waals surface area contributed by atoms with E-state index >= 15 is 0 Å². The lowest BCUT2D eigenvalue weighted by Gasteiger charge is -2.35. The van der Waals surface area contributed by atoms with E-state index in [1.165, 1.54) is 0 Å². The van der Waals surface area contributed by atoms with Gasteiger partial charge in [0.2, 0.25) is 0 Å². The lowest BCUT2D eigenvalue weighted by molar-refractivity contribution is 0.249. The summed E-state index contributed by atoms with van der Waals surface area (Å²) in [5, 5.41) is 1.44. The number of aromatic nitrogens is 5. The summed E-state index contributed by atoms with van der Waals surface area (Å²) in [5.74, 6) is 1.54. The van der Waals surface area contributed by atoms with Crippen LogP contribution in [0.1, 0.15) is 11.3 Å². The van der Waals surface area contributed by atoms with E-state index in [2.05, 4.69) is 30.8 Å². The Morgan fingerprint density at radius 1 is 0.811 bits per heavy atom. The molecule has 186 valence electrons. The molecule has 1 aliphatic rings. The van der Waals surface area contributed by atoms with Crippen LogP contribution in [0.3, 0.4) is 0 Å². The van der Waals surface area contributed by atoms with Gasteiger partial charge in [-0.1, -0.05) is 53.5 Å². The van der Waals surface area contributed by atoms with E-state index in [0.29, 0.717) is 10.8 Å². The molecule has 1 fully saturated rings. The highest BCUT2D eigenvalue weighted by molar-refractivity contribution is 6.33. The quantitative estimate of drug-likeness (QED) is 0.286. The fraction of sp³-hybridized carbons (Fsp3) is 0.214. The number of hydrogen-bond donors (Lipinski definition) is 0. The number of benzene rings is 2. The molecule has 6 rings (SSSR count). The van der Waals surface area contributed by atoms with Crippen molar-refractivity contribution in [2.24, 2.45) is 0 Å². The maximum absolute atomic E-state index is 6.62. The largest absolute Gasteiger partial charge is 0.352 e. The third kappa shape index (κ3) is 4.66. The highest BCUT2D eigenvalue weighted by Crippen LogP contribution is 2.34. The molecule has 0 aliphatic carbocycles. The average molecular weight is 530 g/mol. The molecule has 37 heavy (non-hydrogen) atoms. The summed E-state index contributed by atoms with van der Waals surface area (Å²) in [7, 11) is 0. The lowest BCUT2D eigenvalue weighted by Crippen LogP contribution is -2.46. The fourth-order valence-electron chi connectivity index (χ4n) is 4.76. The monoisotopic (exact) mass is 529 g/mol. The maximum Gasteiger partial charge on any atom is 0.170 e. The molecule has 1 saturated heterocycles. The van der Waals surface area contributed by atoms with Gasteiger partial charge in [-0.25, -0.2) is 15.0 Å². The predicted octanol–water partition coefficient (Wildman–Crippen LogP) is 5.81. The summed E-state index contributed by atoms with van der Waals surface area (Å²) >= 11 is 13.0. The van der Waals surface area contributed by atoms with Gasteiger partial charge in [-0.2, -0.15) is 0 Å². The Hall–Kier alpha value is -3.52. The molecule has 4 heterocycles. The van der Waals surface area contributed by atoms with E-state index in [4.69, 9.17) is 28.2 Å². The first kappa shape index (κ1) is 23.9. The van der Waals surface area contributed by atoms with E-state index in [1.807, 2.05) is 72.3 Å². The smallest absolute Gasteiger partial charge is 0.170 e. The van der Waals surface area contributed by atoms with E-state index in [1.54, 1.807) is 6.33 Å². The second-order valence-corrected chi connectivity index (χ2v) is 9.95. The molecule has 0 atom stereocenters. The number of imidazole rings is 1. The number of hydrogen-bond acceptors (Lipinski definition) is 6. The molecule has 9 heteroatoms. The second-order valence-electron chi connectivity index (χ2n) is 9.13. The van der Waals surface area contributed by atoms with Crippen molar-refractivity contribution < 1.29 is 0 Å². The van der Waals surface area contributed by atoms with Crippen LogP contribution >= 0.6 is 23.2 Å². The minimum Gasteiger partial charge on any atom is -0.352 e. The van der Waals surface area contributed by atoms with Gasteiger partial charge in [-0.05, 0) is 42.8 Å². The topological polar surface area (TPSA) is 63.0 Å². The third-order valence-corrected chi connectivity index (χ3v) is 7.42. The van der Waals surface area contributed by atoms with Crippen molar-refractivity contribution in [3.05, 3.63) is 94.5 Å². The molecular formula is C28H25Cl2N7. The number of pyridine rings is 1. The van der Waals surface area contributed by atoms with Gasteiger partial charge in [0.05, 0.1) is 16.9 Å². The molecule has 0 N–H and O–H groups in total. The molecule has 7 nitrogen and oxygen atoms in total. The van der Waals surface area contributed by atoms with E-state index in [9.17, 15) is 0 Å². The van der Waals surface area contributed by atoms with Gasteiger partial charge in [0.15, 0.2) is 17.0 Å². The summed E-state index contributed by atoms with van der Waals surface area (Å²) < 4.78 is 2.02. The number of fused-ring (bicyclic) bond motifs is 1. The molecule has 0 radical (unpaired) electrons. The van der Waals surface area contributed by atoms with Crippen LogP contribution in [0.15, 0.2) is 73.2 Å². The summed E-state index contributed by atoms with van der Waals surface area (Å²) in [4.78, 5) is 23.6. The van der Waals surface area contributed by atoms with Crippen LogP contribution in [0.5, 0.6) is 0 Å². The molecule has 0 bridgehead atoms. The molecule has 3 aromatic heterocycles. The molecule has 5 aromatic rings. The van der Waals surface area contributed by atoms with Crippen molar-refractivity contribution in [1.29, 1.82) is 0 Å². The Labute approximate surface area is 225 Å². The van der Waals surface area contributed by atoms with Crippen LogP contribution < -0.4 is 4.90 Å². The van der Waals surface area contributed by atoms with Crippen LogP contribution in [-0.2, 0) is 6.54 Å². The van der Waals surface area contributed by atoms with Crippen molar-refractivity contribution >= 4 is 40.2 Å². The molecule has 2 aromatic carbocycles. The number of rotatable bonds is 5. The van der Waals surface area contributed by atoms with Crippen molar-refractivity contribution in [2.45, 2.75) is 13.5 Å². The Morgan fingerprint density at radius 3 is 2.30 bits per heavy atom. The van der Waals surface area contributed by atoms with Gasteiger partial charge in [0.1, 0.15) is 12.2 Å². The fourth-order valence-corrected chi connectivity index (χ4v) is 5.17. The van der Waals surface area contributed by atoms with E-state index < -0.39 is 0 Å². The van der Waals surface area contributed by atoms with Crippen molar-refractivity contribution in [2.75, 3.05) is 31.1 Å². The van der Waals surface area contributed by atoms with Crippen molar-refractivity contribution in [1.82, 2.24) is 29.4 Å². The third-order valence-electron chi connectivity index (χ3n) is 6.72. The van der Waals surface area contributed by atoms with Crippen LogP contribution in [0, 0.1) is 6.92 Å². The Bertz CT molecular complexity index is 1560. The summed E-state index contributed by atoms with van der Waals surface area (Å²) in [5.41, 5.74) is 5.27. The zero-order chi connectivity index (χ0) is 25.4. The number of halogens is 2. The van der Waals surface area contributed by atoms with Gasteiger partial charge < -0.3 is 4.90 Å².